The topological polar surface area (TPSA) is 40.6 Å². The third-order valence-corrected chi connectivity index (χ3v) is 22.1. The fourth-order valence-electron chi connectivity index (χ4n) is 2.16. The Morgan fingerprint density at radius 1 is 0.967 bits per heavy atom. The lowest BCUT2D eigenvalue weighted by Crippen LogP contribution is -2.24. The van der Waals surface area contributed by atoms with Crippen LogP contribution in [0.1, 0.15) is 19.8 Å². The SMILES string of the molecule is CCO[SiH](CCCSSSSSSSSc1nc2ccccc2s1)OCCCOC. The van der Waals surface area contributed by atoms with Crippen molar-refractivity contribution in [1.82, 2.24) is 4.98 Å². The first-order valence-corrected chi connectivity index (χ1v) is 22.1. The van der Waals surface area contributed by atoms with Crippen LogP contribution in [0.25, 0.3) is 10.2 Å². The van der Waals surface area contributed by atoms with Gasteiger partial charge in [0.05, 0.1) is 10.2 Å². The summed E-state index contributed by atoms with van der Waals surface area (Å²) in [6.07, 6.45) is 2.10. The van der Waals surface area contributed by atoms with Gasteiger partial charge in [-0.25, -0.2) is 4.98 Å². The molecule has 1 aromatic carbocycles. The van der Waals surface area contributed by atoms with E-state index in [9.17, 15) is 0 Å². The molecule has 4 nitrogen and oxygen atoms in total. The summed E-state index contributed by atoms with van der Waals surface area (Å²) in [6, 6.07) is 9.37. The molecule has 0 aliphatic rings. The third-order valence-electron chi connectivity index (χ3n) is 3.38. The number of benzene rings is 1. The fraction of sp³-hybridized carbons (Fsp3) is 0.562. The Balaban J connectivity index is 1.39. The van der Waals surface area contributed by atoms with Gasteiger partial charge in [0.1, 0.15) is 0 Å². The van der Waals surface area contributed by atoms with Gasteiger partial charge in [-0.05, 0) is 108 Å². The van der Waals surface area contributed by atoms with Crippen LogP contribution in [0.5, 0.6) is 0 Å². The maximum Gasteiger partial charge on any atom is 0.321 e. The Morgan fingerprint density at radius 3 is 2.57 bits per heavy atom. The van der Waals surface area contributed by atoms with Crippen molar-refractivity contribution in [2.45, 2.75) is 30.1 Å². The van der Waals surface area contributed by atoms with Crippen LogP contribution in [0, 0.1) is 0 Å². The summed E-state index contributed by atoms with van der Waals surface area (Å²) in [6.45, 7) is 4.30. The minimum absolute atomic E-state index is 0.750. The maximum atomic E-state index is 5.91. The van der Waals surface area contributed by atoms with E-state index in [-0.39, 0.29) is 0 Å². The minimum Gasteiger partial charge on any atom is -0.397 e. The predicted octanol–water partition coefficient (Wildman–Crippen LogP) is 8.63. The van der Waals surface area contributed by atoms with Crippen LogP contribution in [-0.4, -0.2) is 47.0 Å². The molecule has 0 spiro atoms. The smallest absolute Gasteiger partial charge is 0.321 e. The molecule has 1 aromatic heterocycles. The van der Waals surface area contributed by atoms with Crippen molar-refractivity contribution < 1.29 is 13.6 Å². The molecule has 2 aromatic rings. The monoisotopic (exact) mass is 595 g/mol. The standard InChI is InChI=1S/C16H25NO3S9Si/c1-3-19-30(20-11-6-10-18-2)13-7-12-21-24-26-28-29-27-25-23-16-17-14-8-4-5-9-15(14)22-16/h4-5,8-9,30H,3,6-7,10-13H2,1-2H3. The third kappa shape index (κ3) is 13.0. The second kappa shape index (κ2) is 19.3. The number of fused-ring (bicyclic) bond motifs is 1. The summed E-state index contributed by atoms with van der Waals surface area (Å²) in [5.74, 6) is 1.14. The van der Waals surface area contributed by atoms with E-state index in [1.807, 2.05) is 53.3 Å². The van der Waals surface area contributed by atoms with E-state index in [4.69, 9.17) is 13.6 Å². The van der Waals surface area contributed by atoms with Gasteiger partial charge < -0.3 is 13.6 Å². The minimum atomic E-state index is -1.50. The summed E-state index contributed by atoms with van der Waals surface area (Å²) < 4.78 is 19.1. The largest absolute Gasteiger partial charge is 0.397 e. The Bertz CT molecular complexity index is 651. The van der Waals surface area contributed by atoms with Crippen molar-refractivity contribution in [3.8, 4) is 0 Å². The summed E-state index contributed by atoms with van der Waals surface area (Å²) in [4.78, 5) is 4.63. The lowest BCUT2D eigenvalue weighted by Gasteiger charge is -2.15. The van der Waals surface area contributed by atoms with Crippen LogP contribution < -0.4 is 0 Å². The van der Waals surface area contributed by atoms with Gasteiger partial charge in [-0.1, -0.05) is 22.9 Å². The first-order chi connectivity index (χ1) is 14.8. The molecule has 1 atom stereocenters. The average molecular weight is 596 g/mol. The Labute approximate surface area is 215 Å². The highest BCUT2D eigenvalue weighted by atomic mass is 34.0. The molecule has 0 amide bonds. The van der Waals surface area contributed by atoms with E-state index < -0.39 is 9.28 Å². The van der Waals surface area contributed by atoms with Crippen LogP contribution in [-0.2, 0) is 13.6 Å². The molecule has 1 heterocycles. The molecule has 2 rings (SSSR count). The summed E-state index contributed by atoms with van der Waals surface area (Å²) in [7, 11) is 14.8. The van der Waals surface area contributed by atoms with Crippen molar-refractivity contribution in [3.05, 3.63) is 24.3 Å². The molecule has 170 valence electrons. The number of methoxy groups -OCH3 is 1. The van der Waals surface area contributed by atoms with Gasteiger partial charge in [0.15, 0.2) is 4.34 Å². The molecule has 0 saturated carbocycles. The molecule has 0 N–H and O–H groups in total. The van der Waals surface area contributed by atoms with E-state index in [0.717, 1.165) is 54.3 Å². The molecule has 0 fully saturated rings. The van der Waals surface area contributed by atoms with Crippen LogP contribution >= 0.6 is 91.9 Å². The summed E-state index contributed by atoms with van der Waals surface area (Å²) in [5, 5.41) is 0. The van der Waals surface area contributed by atoms with Crippen molar-refractivity contribution in [3.63, 3.8) is 0 Å². The van der Waals surface area contributed by atoms with E-state index in [1.54, 1.807) is 58.7 Å². The van der Waals surface area contributed by atoms with Gasteiger partial charge in [0, 0.05) is 32.7 Å². The maximum absolute atomic E-state index is 5.91. The van der Waals surface area contributed by atoms with Gasteiger partial charge in [-0.2, -0.15) is 0 Å². The van der Waals surface area contributed by atoms with Gasteiger partial charge in [0.2, 0.25) is 0 Å². The second-order valence-corrected chi connectivity index (χ2v) is 21.9. The zero-order valence-electron chi connectivity index (χ0n) is 16.7. The highest BCUT2D eigenvalue weighted by Gasteiger charge is 2.12. The van der Waals surface area contributed by atoms with Crippen molar-refractivity contribution in [2.24, 2.45) is 0 Å². The van der Waals surface area contributed by atoms with E-state index in [2.05, 4.69) is 23.2 Å². The Kier molecular flexibility index (Phi) is 18.2. The number of hydrogen-bond donors (Lipinski definition) is 0. The highest BCUT2D eigenvalue weighted by molar-refractivity contribution is 9.48. The summed E-state index contributed by atoms with van der Waals surface area (Å²) >= 11 is 1.76. The molecule has 14 heteroatoms. The molecule has 0 aliphatic heterocycles. The quantitative estimate of drug-likeness (QED) is 0.0886. The molecule has 0 bridgehead atoms. The number of thiazole rings is 1. The number of nitrogens with zero attached hydrogens (tertiary/aromatic N) is 1. The van der Waals surface area contributed by atoms with E-state index in [1.165, 1.54) is 4.70 Å². The Hall–Kier alpha value is 2.01. The average Bonchev–Trinajstić information content (AvgIpc) is 3.17. The summed E-state index contributed by atoms with van der Waals surface area (Å²) in [5.41, 5.74) is 1.09. The van der Waals surface area contributed by atoms with Crippen LogP contribution in [0.15, 0.2) is 28.6 Å². The number of aromatic nitrogens is 1. The van der Waals surface area contributed by atoms with Gasteiger partial charge in [-0.3, -0.25) is 0 Å². The number of para-hydroxylation sites is 1. The van der Waals surface area contributed by atoms with Crippen molar-refractivity contribution >= 4 is 111 Å². The lowest BCUT2D eigenvalue weighted by atomic mass is 10.3. The zero-order valence-corrected chi connectivity index (χ0v) is 25.2. The first-order valence-electron chi connectivity index (χ1n) is 9.20. The van der Waals surface area contributed by atoms with Gasteiger partial charge in [0.25, 0.3) is 0 Å². The zero-order chi connectivity index (χ0) is 21.3. The molecular formula is C16H25NO3S9Si. The molecule has 0 radical (unpaired) electrons. The predicted molar refractivity (Wildman–Crippen MR) is 154 cm³/mol. The number of rotatable bonds is 19. The normalized spacial score (nSPS) is 12.6. The molecular weight excluding hydrogens is 571 g/mol. The Morgan fingerprint density at radius 2 is 1.77 bits per heavy atom. The molecule has 30 heavy (non-hydrogen) atoms. The first kappa shape index (κ1) is 28.2. The fourth-order valence-corrected chi connectivity index (χ4v) is 22.6. The van der Waals surface area contributed by atoms with Gasteiger partial charge in [-0.15, -0.1) is 11.3 Å². The highest BCUT2D eigenvalue weighted by Crippen LogP contribution is 2.58. The van der Waals surface area contributed by atoms with Crippen molar-refractivity contribution in [1.29, 1.82) is 0 Å². The van der Waals surface area contributed by atoms with E-state index >= 15 is 0 Å². The second-order valence-electron chi connectivity index (χ2n) is 5.51. The number of hydrogen-bond acceptors (Lipinski definition) is 13. The number of ether oxygens (including phenoxy) is 1. The van der Waals surface area contributed by atoms with Crippen LogP contribution in [0.4, 0.5) is 0 Å². The molecule has 0 saturated heterocycles. The lowest BCUT2D eigenvalue weighted by molar-refractivity contribution is 0.152. The van der Waals surface area contributed by atoms with Crippen LogP contribution in [0.2, 0.25) is 6.04 Å². The van der Waals surface area contributed by atoms with E-state index in [0.29, 0.717) is 0 Å². The van der Waals surface area contributed by atoms with Gasteiger partial charge >= 0.3 is 9.28 Å². The van der Waals surface area contributed by atoms with Crippen molar-refractivity contribution in [2.75, 3.05) is 32.7 Å². The molecule has 0 aliphatic carbocycles. The van der Waals surface area contributed by atoms with Crippen LogP contribution in [0.3, 0.4) is 0 Å². The molecule has 1 unspecified atom stereocenters.